The number of aromatic nitrogens is 1. The number of aryl methyl sites for hydroxylation is 1. The molecule has 2 aromatic rings. The molecule has 23 heavy (non-hydrogen) atoms. The number of nitriles is 1. The van der Waals surface area contributed by atoms with Gasteiger partial charge in [-0.15, -0.1) is 0 Å². The number of anilines is 1. The first-order chi connectivity index (χ1) is 11.2. The molecule has 1 aromatic heterocycles. The van der Waals surface area contributed by atoms with E-state index >= 15 is 0 Å². The Morgan fingerprint density at radius 3 is 2.78 bits per heavy atom. The van der Waals surface area contributed by atoms with E-state index in [1.807, 2.05) is 37.3 Å². The minimum absolute atomic E-state index is 0.136. The summed E-state index contributed by atoms with van der Waals surface area (Å²) in [5, 5.41) is 14.6. The van der Waals surface area contributed by atoms with E-state index in [4.69, 9.17) is 5.26 Å². The molecule has 0 aliphatic heterocycles. The molecule has 1 amide bonds. The van der Waals surface area contributed by atoms with E-state index in [1.165, 1.54) is 12.3 Å². The van der Waals surface area contributed by atoms with Crippen LogP contribution in [-0.4, -0.2) is 24.0 Å². The largest absolute Gasteiger partial charge is 0.368 e. The third kappa shape index (κ3) is 5.29. The SMILES string of the molecule is Cc1ccccc1C=CC(=O)NCCNc1ccc(C#N)cn1. The van der Waals surface area contributed by atoms with Crippen molar-refractivity contribution in [2.24, 2.45) is 0 Å². The summed E-state index contributed by atoms with van der Waals surface area (Å²) in [5.41, 5.74) is 2.68. The molecule has 1 heterocycles. The Morgan fingerprint density at radius 2 is 2.09 bits per heavy atom. The number of hydrogen-bond donors (Lipinski definition) is 2. The third-order valence-electron chi connectivity index (χ3n) is 3.23. The zero-order chi connectivity index (χ0) is 16.5. The Balaban J connectivity index is 1.72. The lowest BCUT2D eigenvalue weighted by molar-refractivity contribution is -0.116. The van der Waals surface area contributed by atoms with Crippen molar-refractivity contribution in [3.8, 4) is 6.07 Å². The molecular weight excluding hydrogens is 288 g/mol. The van der Waals surface area contributed by atoms with Crippen LogP contribution in [0.15, 0.2) is 48.7 Å². The normalized spacial score (nSPS) is 10.3. The molecule has 1 aromatic carbocycles. The number of hydrogen-bond acceptors (Lipinski definition) is 4. The van der Waals surface area contributed by atoms with E-state index in [1.54, 1.807) is 18.2 Å². The predicted octanol–water partition coefficient (Wildman–Crippen LogP) is 2.50. The van der Waals surface area contributed by atoms with E-state index in [0.717, 1.165) is 11.1 Å². The highest BCUT2D eigenvalue weighted by Crippen LogP contribution is 2.08. The van der Waals surface area contributed by atoms with Gasteiger partial charge in [0.15, 0.2) is 0 Å². The second-order valence-corrected chi connectivity index (χ2v) is 4.95. The zero-order valence-corrected chi connectivity index (χ0v) is 12.9. The van der Waals surface area contributed by atoms with Gasteiger partial charge in [-0.2, -0.15) is 5.26 Å². The van der Waals surface area contributed by atoms with Crippen molar-refractivity contribution in [1.29, 1.82) is 5.26 Å². The van der Waals surface area contributed by atoms with Gasteiger partial charge in [-0.25, -0.2) is 4.98 Å². The van der Waals surface area contributed by atoms with E-state index in [-0.39, 0.29) is 5.91 Å². The summed E-state index contributed by atoms with van der Waals surface area (Å²) in [6.45, 7) is 3.05. The summed E-state index contributed by atoms with van der Waals surface area (Å²) >= 11 is 0. The van der Waals surface area contributed by atoms with Gasteiger partial charge in [-0.1, -0.05) is 24.3 Å². The Bertz CT molecular complexity index is 729. The minimum atomic E-state index is -0.136. The van der Waals surface area contributed by atoms with Crippen LogP contribution in [0.1, 0.15) is 16.7 Å². The minimum Gasteiger partial charge on any atom is -0.368 e. The first-order valence-corrected chi connectivity index (χ1v) is 7.30. The van der Waals surface area contributed by atoms with Crippen LogP contribution in [0.5, 0.6) is 0 Å². The fraction of sp³-hybridized carbons (Fsp3) is 0.167. The fourth-order valence-electron chi connectivity index (χ4n) is 1.94. The van der Waals surface area contributed by atoms with Gasteiger partial charge in [0.25, 0.3) is 0 Å². The van der Waals surface area contributed by atoms with Crippen LogP contribution in [0.3, 0.4) is 0 Å². The Labute approximate surface area is 135 Å². The van der Waals surface area contributed by atoms with Gasteiger partial charge in [0.2, 0.25) is 5.91 Å². The van der Waals surface area contributed by atoms with Crippen LogP contribution >= 0.6 is 0 Å². The number of nitrogens with zero attached hydrogens (tertiary/aromatic N) is 2. The molecule has 0 atom stereocenters. The van der Waals surface area contributed by atoms with Crippen LogP contribution in [0, 0.1) is 18.3 Å². The summed E-state index contributed by atoms with van der Waals surface area (Å²) in [6, 6.07) is 13.3. The van der Waals surface area contributed by atoms with Crippen molar-refractivity contribution >= 4 is 17.8 Å². The maximum atomic E-state index is 11.7. The molecule has 2 rings (SSSR count). The summed E-state index contributed by atoms with van der Waals surface area (Å²) in [5.74, 6) is 0.538. The molecule has 2 N–H and O–H groups in total. The molecule has 0 fully saturated rings. The fourth-order valence-corrected chi connectivity index (χ4v) is 1.94. The Hall–Kier alpha value is -3.13. The summed E-state index contributed by atoms with van der Waals surface area (Å²) in [7, 11) is 0. The highest BCUT2D eigenvalue weighted by atomic mass is 16.1. The van der Waals surface area contributed by atoms with E-state index in [0.29, 0.717) is 24.5 Å². The first kappa shape index (κ1) is 16.2. The molecule has 116 valence electrons. The number of pyridine rings is 1. The summed E-state index contributed by atoms with van der Waals surface area (Å²) in [4.78, 5) is 15.8. The molecule has 0 saturated carbocycles. The average molecular weight is 306 g/mol. The standard InChI is InChI=1S/C18H18N4O/c1-14-4-2-3-5-16(14)7-9-18(23)21-11-10-20-17-8-6-15(12-19)13-22-17/h2-9,13H,10-11H2,1H3,(H,20,22)(H,21,23). The van der Waals surface area contributed by atoms with Crippen LogP contribution in [0.25, 0.3) is 6.08 Å². The maximum absolute atomic E-state index is 11.7. The second kappa shape index (κ2) is 8.35. The van der Waals surface area contributed by atoms with Gasteiger partial charge < -0.3 is 10.6 Å². The molecule has 0 spiro atoms. The second-order valence-electron chi connectivity index (χ2n) is 4.95. The quantitative estimate of drug-likeness (QED) is 0.635. The van der Waals surface area contributed by atoms with Crippen LogP contribution in [-0.2, 0) is 4.79 Å². The Kier molecular flexibility index (Phi) is 5.89. The molecular formula is C18H18N4O. The highest BCUT2D eigenvalue weighted by Gasteiger charge is 1.98. The topological polar surface area (TPSA) is 77.8 Å². The van der Waals surface area contributed by atoms with E-state index in [2.05, 4.69) is 15.6 Å². The predicted molar refractivity (Wildman–Crippen MR) is 90.7 cm³/mol. The molecule has 0 aliphatic carbocycles. The van der Waals surface area contributed by atoms with Crippen LogP contribution in [0.2, 0.25) is 0 Å². The van der Waals surface area contributed by atoms with Gasteiger partial charge in [0, 0.05) is 25.4 Å². The number of benzene rings is 1. The third-order valence-corrected chi connectivity index (χ3v) is 3.23. The van der Waals surface area contributed by atoms with E-state index in [9.17, 15) is 4.79 Å². The smallest absolute Gasteiger partial charge is 0.244 e. The number of carbonyl (C=O) groups excluding carboxylic acids is 1. The molecule has 0 unspecified atom stereocenters. The molecule has 0 aliphatic rings. The molecule has 0 saturated heterocycles. The van der Waals surface area contributed by atoms with Crippen molar-refractivity contribution in [2.75, 3.05) is 18.4 Å². The van der Waals surface area contributed by atoms with Crippen molar-refractivity contribution < 1.29 is 4.79 Å². The van der Waals surface area contributed by atoms with Gasteiger partial charge in [-0.3, -0.25) is 4.79 Å². The number of rotatable bonds is 6. The lowest BCUT2D eigenvalue weighted by Gasteiger charge is -2.06. The summed E-state index contributed by atoms with van der Waals surface area (Å²) in [6.07, 6.45) is 4.84. The summed E-state index contributed by atoms with van der Waals surface area (Å²) < 4.78 is 0. The lowest BCUT2D eigenvalue weighted by atomic mass is 10.1. The zero-order valence-electron chi connectivity index (χ0n) is 12.9. The number of amides is 1. The van der Waals surface area contributed by atoms with Crippen LogP contribution in [0.4, 0.5) is 5.82 Å². The lowest BCUT2D eigenvalue weighted by Crippen LogP contribution is -2.27. The maximum Gasteiger partial charge on any atom is 0.244 e. The monoisotopic (exact) mass is 306 g/mol. The van der Waals surface area contributed by atoms with Gasteiger partial charge >= 0.3 is 0 Å². The number of carbonyl (C=O) groups is 1. The van der Waals surface area contributed by atoms with Gasteiger partial charge in [0.1, 0.15) is 11.9 Å². The van der Waals surface area contributed by atoms with Gasteiger partial charge in [0.05, 0.1) is 5.56 Å². The highest BCUT2D eigenvalue weighted by molar-refractivity contribution is 5.91. The Morgan fingerprint density at radius 1 is 1.26 bits per heavy atom. The molecule has 0 bridgehead atoms. The first-order valence-electron chi connectivity index (χ1n) is 7.30. The van der Waals surface area contributed by atoms with Crippen molar-refractivity contribution in [3.05, 3.63) is 65.4 Å². The molecule has 5 nitrogen and oxygen atoms in total. The average Bonchev–Trinajstić information content (AvgIpc) is 2.58. The van der Waals surface area contributed by atoms with E-state index < -0.39 is 0 Å². The van der Waals surface area contributed by atoms with Crippen molar-refractivity contribution in [2.45, 2.75) is 6.92 Å². The van der Waals surface area contributed by atoms with Crippen LogP contribution < -0.4 is 10.6 Å². The van der Waals surface area contributed by atoms with Crippen molar-refractivity contribution in [3.63, 3.8) is 0 Å². The van der Waals surface area contributed by atoms with Crippen molar-refractivity contribution in [1.82, 2.24) is 10.3 Å². The molecule has 5 heteroatoms. The number of nitrogens with one attached hydrogen (secondary N) is 2. The van der Waals surface area contributed by atoms with Gasteiger partial charge in [-0.05, 0) is 36.3 Å². The molecule has 0 radical (unpaired) electrons.